The standard InChI is InChI=1S/C7H10N2.C2H6/c1-5-2-6(8)4-7(9)3-5;1-2/h2-4H,8-9H2,1H3;1-2H3. The average molecular weight is 152 g/mol. The van der Waals surface area contributed by atoms with Gasteiger partial charge in [-0.2, -0.15) is 0 Å². The highest BCUT2D eigenvalue weighted by molar-refractivity contribution is 5.53. The molecule has 4 N–H and O–H groups in total. The zero-order valence-electron chi connectivity index (χ0n) is 7.39. The Morgan fingerprint density at radius 1 is 0.909 bits per heavy atom. The predicted octanol–water partition coefficient (Wildman–Crippen LogP) is 2.19. The molecule has 0 bridgehead atoms. The molecule has 0 aliphatic carbocycles. The zero-order valence-corrected chi connectivity index (χ0v) is 7.39. The van der Waals surface area contributed by atoms with E-state index in [1.54, 1.807) is 6.07 Å². The Bertz CT molecular complexity index is 168. The molecule has 0 heterocycles. The smallest absolute Gasteiger partial charge is 0.0337 e. The molecule has 0 saturated carbocycles. The molecule has 62 valence electrons. The van der Waals surface area contributed by atoms with Crippen LogP contribution in [-0.4, -0.2) is 0 Å². The van der Waals surface area contributed by atoms with Crippen LogP contribution in [-0.2, 0) is 0 Å². The number of hydrogen-bond donors (Lipinski definition) is 2. The molecule has 2 heteroatoms. The van der Waals surface area contributed by atoms with E-state index < -0.39 is 0 Å². The lowest BCUT2D eigenvalue weighted by Crippen LogP contribution is -1.90. The highest BCUT2D eigenvalue weighted by Crippen LogP contribution is 2.11. The van der Waals surface area contributed by atoms with E-state index in [9.17, 15) is 0 Å². The Hall–Kier alpha value is -1.18. The van der Waals surface area contributed by atoms with Crippen LogP contribution in [0.5, 0.6) is 0 Å². The summed E-state index contributed by atoms with van der Waals surface area (Å²) < 4.78 is 0. The fourth-order valence-electron chi connectivity index (χ4n) is 0.843. The van der Waals surface area contributed by atoms with Gasteiger partial charge in [-0.15, -0.1) is 0 Å². The van der Waals surface area contributed by atoms with E-state index >= 15 is 0 Å². The van der Waals surface area contributed by atoms with E-state index in [0.29, 0.717) is 0 Å². The number of nitrogen functional groups attached to an aromatic ring is 2. The first-order valence-corrected chi connectivity index (χ1v) is 3.81. The predicted molar refractivity (Wildman–Crippen MR) is 51.4 cm³/mol. The van der Waals surface area contributed by atoms with Crippen molar-refractivity contribution in [2.75, 3.05) is 11.5 Å². The molecule has 0 unspecified atom stereocenters. The van der Waals surface area contributed by atoms with Crippen molar-refractivity contribution < 1.29 is 0 Å². The number of anilines is 2. The summed E-state index contributed by atoms with van der Waals surface area (Å²) in [5.74, 6) is 0. The van der Waals surface area contributed by atoms with Crippen LogP contribution in [0.1, 0.15) is 19.4 Å². The molecular weight excluding hydrogens is 136 g/mol. The number of aryl methyl sites for hydroxylation is 1. The molecule has 11 heavy (non-hydrogen) atoms. The Labute approximate surface area is 68.2 Å². The minimum absolute atomic E-state index is 0.729. The molecule has 0 spiro atoms. The highest BCUT2D eigenvalue weighted by Gasteiger charge is 1.88. The molecule has 1 rings (SSSR count). The zero-order chi connectivity index (χ0) is 8.85. The van der Waals surface area contributed by atoms with Gasteiger partial charge in [0.1, 0.15) is 0 Å². The highest BCUT2D eigenvalue weighted by atomic mass is 14.6. The summed E-state index contributed by atoms with van der Waals surface area (Å²) in [4.78, 5) is 0. The number of benzene rings is 1. The third-order valence-corrected chi connectivity index (χ3v) is 1.12. The van der Waals surface area contributed by atoms with Crippen molar-refractivity contribution in [3.05, 3.63) is 23.8 Å². The van der Waals surface area contributed by atoms with Gasteiger partial charge in [-0.25, -0.2) is 0 Å². The fraction of sp³-hybridized carbons (Fsp3) is 0.333. The molecular formula is C9H16N2. The lowest BCUT2D eigenvalue weighted by atomic mass is 10.2. The molecule has 0 aliphatic heterocycles. The van der Waals surface area contributed by atoms with Crippen LogP contribution in [0, 0.1) is 6.92 Å². The first kappa shape index (κ1) is 9.82. The van der Waals surface area contributed by atoms with E-state index in [1.165, 1.54) is 0 Å². The number of hydrogen-bond acceptors (Lipinski definition) is 2. The summed E-state index contributed by atoms with van der Waals surface area (Å²) in [6.45, 7) is 5.96. The van der Waals surface area contributed by atoms with Crippen molar-refractivity contribution in [1.82, 2.24) is 0 Å². The maximum atomic E-state index is 5.48. The fourth-order valence-corrected chi connectivity index (χ4v) is 0.843. The van der Waals surface area contributed by atoms with Gasteiger partial charge < -0.3 is 11.5 Å². The first-order chi connectivity index (χ1) is 5.18. The van der Waals surface area contributed by atoms with Crippen LogP contribution in [0.4, 0.5) is 11.4 Å². The van der Waals surface area contributed by atoms with Gasteiger partial charge in [-0.3, -0.25) is 0 Å². The topological polar surface area (TPSA) is 52.0 Å². The number of rotatable bonds is 0. The molecule has 0 saturated heterocycles. The van der Waals surface area contributed by atoms with Crippen LogP contribution in [0.25, 0.3) is 0 Å². The monoisotopic (exact) mass is 152 g/mol. The molecule has 0 aliphatic rings. The van der Waals surface area contributed by atoms with Gasteiger partial charge in [0.2, 0.25) is 0 Å². The second-order valence-electron chi connectivity index (χ2n) is 2.18. The minimum Gasteiger partial charge on any atom is -0.399 e. The molecule has 0 fully saturated rings. The van der Waals surface area contributed by atoms with Crippen LogP contribution >= 0.6 is 0 Å². The summed E-state index contributed by atoms with van der Waals surface area (Å²) in [6, 6.07) is 5.51. The normalized spacial score (nSPS) is 8.27. The van der Waals surface area contributed by atoms with Gasteiger partial charge in [0.15, 0.2) is 0 Å². The van der Waals surface area contributed by atoms with Crippen LogP contribution in [0.2, 0.25) is 0 Å². The summed E-state index contributed by atoms with van der Waals surface area (Å²) in [7, 11) is 0. The third kappa shape index (κ3) is 3.50. The van der Waals surface area contributed by atoms with E-state index in [-0.39, 0.29) is 0 Å². The lowest BCUT2D eigenvalue weighted by Gasteiger charge is -1.97. The molecule has 0 atom stereocenters. The largest absolute Gasteiger partial charge is 0.399 e. The van der Waals surface area contributed by atoms with Gasteiger partial charge in [0.25, 0.3) is 0 Å². The molecule has 1 aromatic carbocycles. The van der Waals surface area contributed by atoms with E-state index in [1.807, 2.05) is 32.9 Å². The molecule has 0 radical (unpaired) electrons. The van der Waals surface area contributed by atoms with Gasteiger partial charge >= 0.3 is 0 Å². The summed E-state index contributed by atoms with van der Waals surface area (Å²) >= 11 is 0. The van der Waals surface area contributed by atoms with Crippen molar-refractivity contribution in [3.8, 4) is 0 Å². The van der Waals surface area contributed by atoms with Gasteiger partial charge in [-0.1, -0.05) is 13.8 Å². The molecule has 1 aromatic rings. The minimum atomic E-state index is 0.729. The second kappa shape index (κ2) is 4.61. The summed E-state index contributed by atoms with van der Waals surface area (Å²) in [5, 5.41) is 0. The van der Waals surface area contributed by atoms with Crippen molar-refractivity contribution in [3.63, 3.8) is 0 Å². The summed E-state index contributed by atoms with van der Waals surface area (Å²) in [6.07, 6.45) is 0. The Morgan fingerprint density at radius 3 is 1.55 bits per heavy atom. The van der Waals surface area contributed by atoms with E-state index in [0.717, 1.165) is 16.9 Å². The first-order valence-electron chi connectivity index (χ1n) is 3.81. The van der Waals surface area contributed by atoms with Crippen LogP contribution in [0.15, 0.2) is 18.2 Å². The maximum Gasteiger partial charge on any atom is 0.0337 e. The van der Waals surface area contributed by atoms with Gasteiger partial charge in [0.05, 0.1) is 0 Å². The van der Waals surface area contributed by atoms with Crippen molar-refractivity contribution >= 4 is 11.4 Å². The molecule has 0 aromatic heterocycles. The van der Waals surface area contributed by atoms with Crippen LogP contribution < -0.4 is 11.5 Å². The Morgan fingerprint density at radius 2 is 1.27 bits per heavy atom. The quantitative estimate of drug-likeness (QED) is 0.560. The Kier molecular flexibility index (Phi) is 4.11. The lowest BCUT2D eigenvalue weighted by molar-refractivity contribution is 1.47. The van der Waals surface area contributed by atoms with Crippen molar-refractivity contribution in [2.45, 2.75) is 20.8 Å². The molecule has 0 amide bonds. The SMILES string of the molecule is CC.Cc1cc(N)cc(N)c1. The van der Waals surface area contributed by atoms with Crippen molar-refractivity contribution in [2.24, 2.45) is 0 Å². The van der Waals surface area contributed by atoms with Crippen molar-refractivity contribution in [1.29, 1.82) is 0 Å². The Balaban J connectivity index is 0.000000461. The van der Waals surface area contributed by atoms with Gasteiger partial charge in [0, 0.05) is 11.4 Å². The number of nitrogens with two attached hydrogens (primary N) is 2. The third-order valence-electron chi connectivity index (χ3n) is 1.12. The second-order valence-corrected chi connectivity index (χ2v) is 2.18. The molecule has 2 nitrogen and oxygen atoms in total. The average Bonchev–Trinajstić information content (AvgIpc) is 1.88. The van der Waals surface area contributed by atoms with Crippen LogP contribution in [0.3, 0.4) is 0 Å². The van der Waals surface area contributed by atoms with Gasteiger partial charge in [-0.05, 0) is 30.7 Å². The maximum absolute atomic E-state index is 5.48. The van der Waals surface area contributed by atoms with E-state index in [4.69, 9.17) is 11.5 Å². The van der Waals surface area contributed by atoms with E-state index in [2.05, 4.69) is 0 Å². The summed E-state index contributed by atoms with van der Waals surface area (Å²) in [5.41, 5.74) is 13.5.